The molecule has 1 aromatic carbocycles. The molecule has 5 nitrogen and oxygen atoms in total. The molecule has 0 spiro atoms. The molecule has 0 aliphatic heterocycles. The Bertz CT molecular complexity index is 680. The molecule has 0 aliphatic carbocycles. The molecule has 2 aromatic rings. The number of rotatable bonds is 6. The average Bonchev–Trinajstić information content (AvgIpc) is 2.84. The smallest absolute Gasteiger partial charge is 0.240 e. The third-order valence-electron chi connectivity index (χ3n) is 2.78. The van der Waals surface area contributed by atoms with Gasteiger partial charge in [0.25, 0.3) is 0 Å². The lowest BCUT2D eigenvalue weighted by molar-refractivity contribution is 0.581. The number of aryl methyl sites for hydroxylation is 1. The monoisotopic (exact) mass is 311 g/mol. The van der Waals surface area contributed by atoms with Crippen LogP contribution in [0.15, 0.2) is 34.5 Å². The van der Waals surface area contributed by atoms with Crippen LogP contribution in [-0.4, -0.2) is 19.9 Å². The number of hydrogen-bond donors (Lipinski definition) is 2. The highest BCUT2D eigenvalue weighted by Crippen LogP contribution is 2.12. The van der Waals surface area contributed by atoms with Gasteiger partial charge in [-0.15, -0.1) is 11.3 Å². The molecule has 1 heterocycles. The summed E-state index contributed by atoms with van der Waals surface area (Å²) >= 11 is 1.56. The highest BCUT2D eigenvalue weighted by atomic mass is 32.2. The van der Waals surface area contributed by atoms with E-state index in [1.54, 1.807) is 35.6 Å². The van der Waals surface area contributed by atoms with Crippen molar-refractivity contribution in [1.29, 1.82) is 0 Å². The third kappa shape index (κ3) is 3.86. The molecule has 0 atom stereocenters. The zero-order valence-electron chi connectivity index (χ0n) is 11.2. The lowest BCUT2D eigenvalue weighted by Crippen LogP contribution is -2.26. The summed E-state index contributed by atoms with van der Waals surface area (Å²) in [6.07, 6.45) is 0.583. The number of nitrogens with two attached hydrogens (primary N) is 1. The molecule has 0 saturated carbocycles. The summed E-state index contributed by atoms with van der Waals surface area (Å²) in [5.74, 6) is 0. The summed E-state index contributed by atoms with van der Waals surface area (Å²) in [7, 11) is -3.49. The Balaban J connectivity index is 2.00. The normalized spacial score (nSPS) is 11.7. The van der Waals surface area contributed by atoms with Gasteiger partial charge in [0, 0.05) is 24.9 Å². The summed E-state index contributed by atoms with van der Waals surface area (Å²) in [4.78, 5) is 4.54. The Morgan fingerprint density at radius 2 is 2.20 bits per heavy atom. The molecule has 0 unspecified atom stereocenters. The topological polar surface area (TPSA) is 85.1 Å². The minimum absolute atomic E-state index is 0.245. The minimum Gasteiger partial charge on any atom is -0.326 e. The molecule has 0 bridgehead atoms. The lowest BCUT2D eigenvalue weighted by Gasteiger charge is -2.07. The SMILES string of the molecule is Cc1nc(CCNS(=O)(=O)c2cccc(CN)c2)cs1. The fourth-order valence-electron chi connectivity index (χ4n) is 1.76. The van der Waals surface area contributed by atoms with Crippen LogP contribution in [0.4, 0.5) is 0 Å². The van der Waals surface area contributed by atoms with E-state index in [0.29, 0.717) is 19.5 Å². The van der Waals surface area contributed by atoms with E-state index in [2.05, 4.69) is 9.71 Å². The lowest BCUT2D eigenvalue weighted by atomic mass is 10.2. The average molecular weight is 311 g/mol. The van der Waals surface area contributed by atoms with Crippen LogP contribution in [0.1, 0.15) is 16.3 Å². The second-order valence-corrected chi connectivity index (χ2v) is 7.19. The van der Waals surface area contributed by atoms with Crippen LogP contribution in [-0.2, 0) is 23.0 Å². The first kappa shape index (κ1) is 15.1. The molecule has 0 radical (unpaired) electrons. The molecule has 0 saturated heterocycles. The predicted molar refractivity (Wildman–Crippen MR) is 80.1 cm³/mol. The number of sulfonamides is 1. The molecule has 7 heteroatoms. The molecule has 20 heavy (non-hydrogen) atoms. The van der Waals surface area contributed by atoms with Crippen molar-refractivity contribution < 1.29 is 8.42 Å². The van der Waals surface area contributed by atoms with E-state index in [1.807, 2.05) is 12.3 Å². The van der Waals surface area contributed by atoms with Gasteiger partial charge in [-0.3, -0.25) is 0 Å². The van der Waals surface area contributed by atoms with E-state index in [0.717, 1.165) is 16.3 Å². The Morgan fingerprint density at radius 3 is 2.85 bits per heavy atom. The molecule has 108 valence electrons. The highest BCUT2D eigenvalue weighted by Gasteiger charge is 2.13. The molecular weight excluding hydrogens is 294 g/mol. The van der Waals surface area contributed by atoms with Crippen molar-refractivity contribution in [2.24, 2.45) is 5.73 Å². The minimum atomic E-state index is -3.49. The highest BCUT2D eigenvalue weighted by molar-refractivity contribution is 7.89. The molecular formula is C13H17N3O2S2. The Hall–Kier alpha value is -1.28. The second-order valence-electron chi connectivity index (χ2n) is 4.36. The summed E-state index contributed by atoms with van der Waals surface area (Å²) in [6, 6.07) is 6.65. The molecule has 3 N–H and O–H groups in total. The van der Waals surface area contributed by atoms with Gasteiger partial charge >= 0.3 is 0 Å². The first-order valence-corrected chi connectivity index (χ1v) is 8.57. The van der Waals surface area contributed by atoms with Gasteiger partial charge in [0.1, 0.15) is 0 Å². The zero-order chi connectivity index (χ0) is 14.6. The summed E-state index contributed by atoms with van der Waals surface area (Å²) < 4.78 is 26.8. The maximum absolute atomic E-state index is 12.1. The van der Waals surface area contributed by atoms with Crippen molar-refractivity contribution in [2.45, 2.75) is 24.8 Å². The summed E-state index contributed by atoms with van der Waals surface area (Å²) in [5, 5.41) is 2.93. The van der Waals surface area contributed by atoms with Crippen molar-refractivity contribution in [2.75, 3.05) is 6.54 Å². The fourth-order valence-corrected chi connectivity index (χ4v) is 3.51. The van der Waals surface area contributed by atoms with Gasteiger partial charge in [0.05, 0.1) is 15.6 Å². The van der Waals surface area contributed by atoms with Crippen LogP contribution in [0.2, 0.25) is 0 Å². The van der Waals surface area contributed by atoms with Crippen molar-refractivity contribution in [3.63, 3.8) is 0 Å². The molecule has 0 fully saturated rings. The summed E-state index contributed by atoms with van der Waals surface area (Å²) in [6.45, 7) is 2.58. The van der Waals surface area contributed by atoms with Crippen LogP contribution in [0.3, 0.4) is 0 Å². The largest absolute Gasteiger partial charge is 0.326 e. The van der Waals surface area contributed by atoms with Gasteiger partial charge in [-0.25, -0.2) is 18.1 Å². The van der Waals surface area contributed by atoms with Crippen LogP contribution >= 0.6 is 11.3 Å². The standard InChI is InChI=1S/C13H17N3O2S2/c1-10-16-12(9-19-10)5-6-15-20(17,18)13-4-2-3-11(7-13)8-14/h2-4,7,9,15H,5-6,8,14H2,1H3. The van der Waals surface area contributed by atoms with Gasteiger partial charge in [-0.2, -0.15) is 0 Å². The van der Waals surface area contributed by atoms with E-state index >= 15 is 0 Å². The third-order valence-corrected chi connectivity index (χ3v) is 5.07. The predicted octanol–water partition coefficient (Wildman–Crippen LogP) is 1.43. The molecule has 1 aromatic heterocycles. The van der Waals surface area contributed by atoms with Crippen LogP contribution in [0.25, 0.3) is 0 Å². The number of nitrogens with one attached hydrogen (secondary N) is 1. The molecule has 0 amide bonds. The Morgan fingerprint density at radius 1 is 1.40 bits per heavy atom. The van der Waals surface area contributed by atoms with Crippen molar-refractivity contribution in [3.05, 3.63) is 45.9 Å². The van der Waals surface area contributed by atoms with Gasteiger partial charge < -0.3 is 5.73 Å². The van der Waals surface area contributed by atoms with E-state index < -0.39 is 10.0 Å². The number of hydrogen-bond acceptors (Lipinski definition) is 5. The number of benzene rings is 1. The van der Waals surface area contributed by atoms with Gasteiger partial charge in [0.15, 0.2) is 0 Å². The maximum atomic E-state index is 12.1. The van der Waals surface area contributed by atoms with Crippen molar-refractivity contribution in [3.8, 4) is 0 Å². The van der Waals surface area contributed by atoms with E-state index in [-0.39, 0.29) is 4.90 Å². The quantitative estimate of drug-likeness (QED) is 0.845. The van der Waals surface area contributed by atoms with Crippen LogP contribution < -0.4 is 10.5 Å². The number of aromatic nitrogens is 1. The van der Waals surface area contributed by atoms with E-state index in [4.69, 9.17) is 5.73 Å². The van der Waals surface area contributed by atoms with Crippen LogP contribution in [0, 0.1) is 6.92 Å². The number of nitrogens with zero attached hydrogens (tertiary/aromatic N) is 1. The summed E-state index contributed by atoms with van der Waals surface area (Å²) in [5.41, 5.74) is 7.22. The van der Waals surface area contributed by atoms with Gasteiger partial charge in [-0.05, 0) is 24.6 Å². The maximum Gasteiger partial charge on any atom is 0.240 e. The van der Waals surface area contributed by atoms with Crippen molar-refractivity contribution in [1.82, 2.24) is 9.71 Å². The second kappa shape index (κ2) is 6.45. The first-order chi connectivity index (χ1) is 9.51. The van der Waals surface area contributed by atoms with Gasteiger partial charge in [0.2, 0.25) is 10.0 Å². The molecule has 0 aliphatic rings. The zero-order valence-corrected chi connectivity index (χ0v) is 12.8. The first-order valence-electron chi connectivity index (χ1n) is 6.21. The fraction of sp³-hybridized carbons (Fsp3) is 0.308. The van der Waals surface area contributed by atoms with E-state index in [9.17, 15) is 8.42 Å². The Kier molecular flexibility index (Phi) is 4.87. The Labute approximate surface area is 122 Å². The molecule has 2 rings (SSSR count). The van der Waals surface area contributed by atoms with Gasteiger partial charge in [-0.1, -0.05) is 12.1 Å². The van der Waals surface area contributed by atoms with Crippen molar-refractivity contribution >= 4 is 21.4 Å². The van der Waals surface area contributed by atoms with Crippen LogP contribution in [0.5, 0.6) is 0 Å². The van der Waals surface area contributed by atoms with E-state index in [1.165, 1.54) is 0 Å². The number of thiazole rings is 1.